The zero-order chi connectivity index (χ0) is 10.3. The van der Waals surface area contributed by atoms with Gasteiger partial charge in [0, 0.05) is 15.4 Å². The summed E-state index contributed by atoms with van der Waals surface area (Å²) in [7, 11) is 1.98. The summed E-state index contributed by atoms with van der Waals surface area (Å²) >= 11 is 5.35. The number of allylic oxidation sites excluding steroid dienone is 2. The van der Waals surface area contributed by atoms with Crippen molar-refractivity contribution in [1.82, 2.24) is 5.32 Å². The second-order valence-corrected chi connectivity index (χ2v) is 4.47. The molecule has 0 spiro atoms. The third-order valence-electron chi connectivity index (χ3n) is 1.89. The highest BCUT2D eigenvalue weighted by molar-refractivity contribution is 9.11. The lowest BCUT2D eigenvalue weighted by atomic mass is 10.2. The number of halogens is 1. The van der Waals surface area contributed by atoms with E-state index >= 15 is 0 Å². The first-order chi connectivity index (χ1) is 6.19. The molecule has 0 radical (unpaired) electrons. The summed E-state index contributed by atoms with van der Waals surface area (Å²) in [5.74, 6) is 0. The minimum Gasteiger partial charge on any atom is -0.313 e. The Labute approximate surface area is 94.2 Å². The van der Waals surface area contributed by atoms with Crippen molar-refractivity contribution in [1.29, 1.82) is 0 Å². The molecule has 0 heterocycles. The van der Waals surface area contributed by atoms with E-state index in [1.165, 1.54) is 9.39 Å². The summed E-state index contributed by atoms with van der Waals surface area (Å²) in [5, 5.41) is 3.25. The Balaban J connectivity index is 4.44. The smallest absolute Gasteiger partial charge is 0.0381 e. The Morgan fingerprint density at radius 1 is 1.62 bits per heavy atom. The largest absolute Gasteiger partial charge is 0.313 e. The van der Waals surface area contributed by atoms with Crippen LogP contribution < -0.4 is 5.32 Å². The normalized spacial score (nSPS) is 16.1. The maximum atomic E-state index is 3.59. The molecule has 1 atom stereocenters. The van der Waals surface area contributed by atoms with Gasteiger partial charge in [-0.2, -0.15) is 0 Å². The lowest BCUT2D eigenvalue weighted by Gasteiger charge is -2.13. The molecule has 3 heteroatoms. The van der Waals surface area contributed by atoms with Gasteiger partial charge in [-0.3, -0.25) is 0 Å². The van der Waals surface area contributed by atoms with Gasteiger partial charge in [-0.05, 0) is 32.7 Å². The van der Waals surface area contributed by atoms with Crippen molar-refractivity contribution in [2.45, 2.75) is 26.3 Å². The van der Waals surface area contributed by atoms with Gasteiger partial charge in [0.05, 0.1) is 0 Å². The molecule has 0 aromatic heterocycles. The lowest BCUT2D eigenvalue weighted by Crippen LogP contribution is -2.24. The van der Waals surface area contributed by atoms with Crippen molar-refractivity contribution in [3.63, 3.8) is 0 Å². The maximum absolute atomic E-state index is 3.59. The van der Waals surface area contributed by atoms with Gasteiger partial charge in [0.25, 0.3) is 0 Å². The van der Waals surface area contributed by atoms with E-state index in [2.05, 4.69) is 53.5 Å². The molecule has 0 saturated heterocycles. The van der Waals surface area contributed by atoms with Crippen LogP contribution in [0.2, 0.25) is 0 Å². The number of likely N-dealkylation sites (N-methyl/N-ethyl adjacent to an activating group) is 1. The first-order valence-electron chi connectivity index (χ1n) is 4.44. The van der Waals surface area contributed by atoms with Crippen LogP contribution in [0.1, 0.15) is 20.3 Å². The van der Waals surface area contributed by atoms with Crippen LogP contribution in [0.15, 0.2) is 21.5 Å². The van der Waals surface area contributed by atoms with E-state index in [-0.39, 0.29) is 0 Å². The molecule has 0 bridgehead atoms. The topological polar surface area (TPSA) is 12.0 Å². The van der Waals surface area contributed by atoms with Crippen molar-refractivity contribution in [3.05, 3.63) is 21.5 Å². The summed E-state index contributed by atoms with van der Waals surface area (Å²) in [4.78, 5) is 1.29. The zero-order valence-corrected chi connectivity index (χ0v) is 11.1. The fourth-order valence-electron chi connectivity index (χ4n) is 1.03. The first-order valence-corrected chi connectivity index (χ1v) is 6.46. The second kappa shape index (κ2) is 7.65. The number of rotatable bonds is 5. The van der Waals surface area contributed by atoms with Gasteiger partial charge in [-0.25, -0.2) is 0 Å². The summed E-state index contributed by atoms with van der Waals surface area (Å²) in [6.45, 7) is 4.23. The van der Waals surface area contributed by atoms with Gasteiger partial charge in [0.2, 0.25) is 0 Å². The first kappa shape index (κ1) is 13.3. The number of hydrogen-bond acceptors (Lipinski definition) is 2. The highest BCUT2D eigenvalue weighted by Crippen LogP contribution is 2.21. The molecule has 13 heavy (non-hydrogen) atoms. The van der Waals surface area contributed by atoms with E-state index < -0.39 is 0 Å². The molecule has 0 amide bonds. The van der Waals surface area contributed by atoms with Crippen molar-refractivity contribution in [2.75, 3.05) is 13.3 Å². The van der Waals surface area contributed by atoms with Crippen LogP contribution in [0.25, 0.3) is 0 Å². The molecule has 1 N–H and O–H groups in total. The monoisotopic (exact) mass is 263 g/mol. The van der Waals surface area contributed by atoms with E-state index in [1.54, 1.807) is 11.8 Å². The van der Waals surface area contributed by atoms with Crippen molar-refractivity contribution >= 4 is 27.7 Å². The lowest BCUT2D eigenvalue weighted by molar-refractivity contribution is 0.641. The molecule has 0 aliphatic carbocycles. The Bertz CT molecular complexity index is 195. The Morgan fingerprint density at radius 2 is 2.23 bits per heavy atom. The van der Waals surface area contributed by atoms with Crippen molar-refractivity contribution < 1.29 is 0 Å². The van der Waals surface area contributed by atoms with Crippen molar-refractivity contribution in [2.24, 2.45) is 0 Å². The van der Waals surface area contributed by atoms with Gasteiger partial charge in [0.1, 0.15) is 0 Å². The molecule has 76 valence electrons. The third-order valence-corrected chi connectivity index (χ3v) is 3.50. The van der Waals surface area contributed by atoms with Crippen LogP contribution in [0.5, 0.6) is 0 Å². The summed E-state index contributed by atoms with van der Waals surface area (Å²) in [5.41, 5.74) is 0. The van der Waals surface area contributed by atoms with Crippen LogP contribution in [0.4, 0.5) is 0 Å². The van der Waals surface area contributed by atoms with Gasteiger partial charge in [0.15, 0.2) is 0 Å². The standard InChI is InChI=1S/C10H18BrNS/c1-5-8(13-4)7-9(11)10(6-2)12-3/h5,7,10,12H,6H2,1-4H3/b8-5+,9-7+. The third kappa shape index (κ3) is 4.89. The predicted molar refractivity (Wildman–Crippen MR) is 67.4 cm³/mol. The molecule has 0 fully saturated rings. The molecular weight excluding hydrogens is 246 g/mol. The van der Waals surface area contributed by atoms with Crippen LogP contribution in [-0.4, -0.2) is 19.3 Å². The Hall–Kier alpha value is 0.270. The average Bonchev–Trinajstić information content (AvgIpc) is 2.16. The highest BCUT2D eigenvalue weighted by Gasteiger charge is 2.06. The maximum Gasteiger partial charge on any atom is 0.0381 e. The molecule has 1 unspecified atom stereocenters. The van der Waals surface area contributed by atoms with Gasteiger partial charge >= 0.3 is 0 Å². The van der Waals surface area contributed by atoms with E-state index in [0.717, 1.165) is 6.42 Å². The van der Waals surface area contributed by atoms with Crippen LogP contribution in [0.3, 0.4) is 0 Å². The molecule has 0 aliphatic rings. The van der Waals surface area contributed by atoms with Gasteiger partial charge in [-0.15, -0.1) is 11.8 Å². The van der Waals surface area contributed by atoms with E-state index in [0.29, 0.717) is 6.04 Å². The van der Waals surface area contributed by atoms with Crippen LogP contribution in [0, 0.1) is 0 Å². The zero-order valence-electron chi connectivity index (χ0n) is 8.73. The minimum atomic E-state index is 0.432. The van der Waals surface area contributed by atoms with E-state index in [4.69, 9.17) is 0 Å². The molecule has 0 aromatic carbocycles. The second-order valence-electron chi connectivity index (χ2n) is 2.67. The molecule has 0 aromatic rings. The quantitative estimate of drug-likeness (QED) is 0.762. The van der Waals surface area contributed by atoms with E-state index in [1.807, 2.05) is 7.05 Å². The molecule has 0 aliphatic heterocycles. The summed E-state index contributed by atoms with van der Waals surface area (Å²) < 4.78 is 1.22. The van der Waals surface area contributed by atoms with Gasteiger partial charge in [-0.1, -0.05) is 28.9 Å². The van der Waals surface area contributed by atoms with E-state index in [9.17, 15) is 0 Å². The van der Waals surface area contributed by atoms with Gasteiger partial charge < -0.3 is 5.32 Å². The number of hydrogen-bond donors (Lipinski definition) is 1. The SMILES string of the molecule is C/C=C(\C=C(\Br)C(CC)NC)SC. The molecular formula is C10H18BrNS. The number of nitrogens with one attached hydrogen (secondary N) is 1. The molecule has 1 nitrogen and oxygen atoms in total. The van der Waals surface area contributed by atoms with Crippen LogP contribution >= 0.6 is 27.7 Å². The van der Waals surface area contributed by atoms with Crippen molar-refractivity contribution in [3.8, 4) is 0 Å². The Morgan fingerprint density at radius 3 is 2.54 bits per heavy atom. The molecule has 0 rings (SSSR count). The number of thioether (sulfide) groups is 1. The highest BCUT2D eigenvalue weighted by atomic mass is 79.9. The minimum absolute atomic E-state index is 0.432. The molecule has 0 saturated carbocycles. The average molecular weight is 264 g/mol. The summed E-state index contributed by atoms with van der Waals surface area (Å²) in [6, 6.07) is 0.432. The van der Waals surface area contributed by atoms with Crippen LogP contribution in [-0.2, 0) is 0 Å². The fourth-order valence-corrected chi connectivity index (χ4v) is 2.46. The Kier molecular flexibility index (Phi) is 7.81. The predicted octanol–water partition coefficient (Wildman–Crippen LogP) is 3.53. The summed E-state index contributed by atoms with van der Waals surface area (Å²) in [6.07, 6.45) is 7.48. The fraction of sp³-hybridized carbons (Fsp3) is 0.600.